The van der Waals surface area contributed by atoms with Crippen molar-refractivity contribution in [2.24, 2.45) is 0 Å². The summed E-state index contributed by atoms with van der Waals surface area (Å²) in [6.45, 7) is 1.14. The fraction of sp³-hybridized carbons (Fsp3) is 0.333. The van der Waals surface area contributed by atoms with Gasteiger partial charge in [0.2, 0.25) is 0 Å². The zero-order valence-corrected chi connectivity index (χ0v) is 17.0. The van der Waals surface area contributed by atoms with Gasteiger partial charge in [0.05, 0.1) is 22.4 Å². The van der Waals surface area contributed by atoms with Crippen molar-refractivity contribution in [3.63, 3.8) is 0 Å². The first-order valence-corrected chi connectivity index (χ1v) is 10.6. The van der Waals surface area contributed by atoms with Crippen molar-refractivity contribution in [2.75, 3.05) is 6.61 Å². The largest absolute Gasteiger partial charge is 0.423 e. The Morgan fingerprint density at radius 3 is 2.80 bits per heavy atom. The highest BCUT2D eigenvalue weighted by Gasteiger charge is 2.38. The van der Waals surface area contributed by atoms with Crippen molar-refractivity contribution in [1.29, 1.82) is 0 Å². The third kappa shape index (κ3) is 4.35. The summed E-state index contributed by atoms with van der Waals surface area (Å²) < 4.78 is 47.5. The van der Waals surface area contributed by atoms with Crippen LogP contribution < -0.4 is 0 Å². The predicted octanol–water partition coefficient (Wildman–Crippen LogP) is 5.26. The molecule has 3 heterocycles. The lowest BCUT2D eigenvalue weighted by molar-refractivity contribution is -0.388. The van der Waals surface area contributed by atoms with E-state index in [0.29, 0.717) is 24.1 Å². The van der Waals surface area contributed by atoms with E-state index in [4.69, 9.17) is 4.74 Å². The molecule has 1 fully saturated rings. The first-order valence-electron chi connectivity index (χ1n) is 8.95. The fourth-order valence-electron chi connectivity index (χ4n) is 3.18. The molecule has 1 aliphatic heterocycles. The van der Waals surface area contributed by atoms with E-state index in [1.54, 1.807) is 0 Å². The van der Waals surface area contributed by atoms with E-state index in [-0.39, 0.29) is 11.0 Å². The fourth-order valence-corrected chi connectivity index (χ4v) is 4.77. The molecule has 7 nitrogen and oxygen atoms in total. The summed E-state index contributed by atoms with van der Waals surface area (Å²) in [6, 6.07) is 6.70. The van der Waals surface area contributed by atoms with Gasteiger partial charge in [-0.3, -0.25) is 14.7 Å². The number of hydrogen-bond donors (Lipinski definition) is 0. The van der Waals surface area contributed by atoms with E-state index in [9.17, 15) is 23.3 Å². The number of aromatic nitrogens is 3. The smallest absolute Gasteiger partial charge is 0.376 e. The summed E-state index contributed by atoms with van der Waals surface area (Å²) in [5.74, 6) is 0.612. The van der Waals surface area contributed by atoms with Crippen LogP contribution in [0.15, 0.2) is 45.8 Å². The second-order valence-corrected chi connectivity index (χ2v) is 8.55. The number of nitrogens with zero attached hydrogens (tertiary/aromatic N) is 4. The minimum Gasteiger partial charge on any atom is -0.376 e. The molecule has 1 aliphatic rings. The molecule has 0 saturated carbocycles. The highest BCUT2D eigenvalue weighted by molar-refractivity contribution is 7.99. The molecule has 0 aliphatic carbocycles. The number of alkyl halides is 3. The number of halogens is 3. The average molecular weight is 456 g/mol. The van der Waals surface area contributed by atoms with Gasteiger partial charge in [0.25, 0.3) is 5.69 Å². The molecule has 12 heteroatoms. The van der Waals surface area contributed by atoms with Gasteiger partial charge in [0.15, 0.2) is 11.0 Å². The molecular weight excluding hydrogens is 441 g/mol. The average Bonchev–Trinajstić information content (AvgIpc) is 3.44. The molecule has 0 bridgehead atoms. The predicted molar refractivity (Wildman–Crippen MR) is 105 cm³/mol. The lowest BCUT2D eigenvalue weighted by Gasteiger charge is -2.14. The maximum atomic E-state index is 13.3. The van der Waals surface area contributed by atoms with Crippen LogP contribution in [-0.2, 0) is 17.5 Å². The van der Waals surface area contributed by atoms with Crippen LogP contribution in [0.3, 0.4) is 0 Å². The van der Waals surface area contributed by atoms with Crippen molar-refractivity contribution in [1.82, 2.24) is 14.8 Å². The number of rotatable bonds is 6. The first kappa shape index (κ1) is 20.8. The molecule has 1 saturated heterocycles. The molecule has 0 amide bonds. The molecule has 0 unspecified atom stereocenters. The molecular formula is C18H15F3N4O3S2. The van der Waals surface area contributed by atoms with Crippen LogP contribution in [0.5, 0.6) is 0 Å². The van der Waals surface area contributed by atoms with Gasteiger partial charge in [-0.15, -0.1) is 21.5 Å². The highest BCUT2D eigenvalue weighted by Crippen LogP contribution is 2.40. The molecule has 30 heavy (non-hydrogen) atoms. The van der Waals surface area contributed by atoms with E-state index in [2.05, 4.69) is 10.2 Å². The van der Waals surface area contributed by atoms with Crippen LogP contribution in [0.2, 0.25) is 0 Å². The van der Waals surface area contributed by atoms with E-state index in [0.717, 1.165) is 41.6 Å². The molecule has 2 aromatic heterocycles. The molecule has 3 aromatic rings. The summed E-state index contributed by atoms with van der Waals surface area (Å²) in [5, 5.41) is 21.7. The normalized spacial score (nSPS) is 16.8. The molecule has 1 atom stereocenters. The van der Waals surface area contributed by atoms with Gasteiger partial charge in [0.1, 0.15) is 5.56 Å². The van der Waals surface area contributed by atoms with Gasteiger partial charge >= 0.3 is 6.18 Å². The third-order valence-corrected chi connectivity index (χ3v) is 6.39. The van der Waals surface area contributed by atoms with Gasteiger partial charge in [-0.25, -0.2) is 0 Å². The van der Waals surface area contributed by atoms with Crippen LogP contribution in [0.4, 0.5) is 18.9 Å². The Bertz CT molecular complexity index is 1050. The summed E-state index contributed by atoms with van der Waals surface area (Å²) >= 11 is 2.46. The number of nitro benzene ring substituents is 1. The van der Waals surface area contributed by atoms with Gasteiger partial charge in [-0.05, 0) is 48.2 Å². The topological polar surface area (TPSA) is 83.1 Å². The van der Waals surface area contributed by atoms with Gasteiger partial charge in [0, 0.05) is 17.6 Å². The second kappa shape index (κ2) is 8.36. The number of ether oxygens (including phenoxy) is 1. The van der Waals surface area contributed by atoms with E-state index in [1.807, 2.05) is 22.1 Å². The SMILES string of the molecule is O=[N+]([O-])c1ccc(Sc2nnc(-c3cccs3)n2C[C@@H]2CCCO2)cc1C(F)(F)F. The van der Waals surface area contributed by atoms with Crippen molar-refractivity contribution in [3.05, 3.63) is 51.4 Å². The van der Waals surface area contributed by atoms with Crippen LogP contribution in [0.1, 0.15) is 18.4 Å². The lowest BCUT2D eigenvalue weighted by Crippen LogP contribution is -2.16. The van der Waals surface area contributed by atoms with Crippen molar-refractivity contribution < 1.29 is 22.8 Å². The summed E-state index contributed by atoms with van der Waals surface area (Å²) in [5.41, 5.74) is -2.27. The van der Waals surface area contributed by atoms with Gasteiger partial charge in [-0.1, -0.05) is 6.07 Å². The van der Waals surface area contributed by atoms with Crippen molar-refractivity contribution in [3.8, 4) is 10.7 Å². The quantitative estimate of drug-likeness (QED) is 0.372. The summed E-state index contributed by atoms with van der Waals surface area (Å²) in [6.07, 6.45) is -3.04. The monoisotopic (exact) mass is 456 g/mol. The molecule has 0 radical (unpaired) electrons. The van der Waals surface area contributed by atoms with Crippen LogP contribution >= 0.6 is 23.1 Å². The highest BCUT2D eigenvalue weighted by atomic mass is 32.2. The number of hydrogen-bond acceptors (Lipinski definition) is 7. The molecule has 4 rings (SSSR count). The van der Waals surface area contributed by atoms with E-state index >= 15 is 0 Å². The maximum Gasteiger partial charge on any atom is 0.423 e. The lowest BCUT2D eigenvalue weighted by atomic mass is 10.2. The maximum absolute atomic E-state index is 13.3. The zero-order valence-electron chi connectivity index (χ0n) is 15.3. The standard InChI is InChI=1S/C18H15F3N4O3S2/c19-18(20,21)13-9-12(5-6-14(13)25(26)27)30-17-23-22-16(15-4-2-8-29-15)24(17)10-11-3-1-7-28-11/h2,4-6,8-9,11H,1,3,7,10H2/t11-/m0/s1. The van der Waals surface area contributed by atoms with Crippen LogP contribution in [-0.4, -0.2) is 32.4 Å². The van der Waals surface area contributed by atoms with Crippen molar-refractivity contribution >= 4 is 28.8 Å². The third-order valence-electron chi connectivity index (χ3n) is 4.55. The van der Waals surface area contributed by atoms with Crippen LogP contribution in [0.25, 0.3) is 10.7 Å². The molecule has 0 N–H and O–H groups in total. The Hall–Kier alpha value is -2.44. The summed E-state index contributed by atoms with van der Waals surface area (Å²) in [4.78, 5) is 11.0. The van der Waals surface area contributed by atoms with Gasteiger partial charge in [-0.2, -0.15) is 13.2 Å². The van der Waals surface area contributed by atoms with E-state index < -0.39 is 22.4 Å². The number of benzene rings is 1. The Morgan fingerprint density at radius 2 is 2.17 bits per heavy atom. The Labute approximate surface area is 177 Å². The van der Waals surface area contributed by atoms with Crippen molar-refractivity contribution in [2.45, 2.75) is 41.7 Å². The number of thiophene rings is 1. The minimum atomic E-state index is -4.84. The van der Waals surface area contributed by atoms with Crippen LogP contribution in [0, 0.1) is 10.1 Å². The van der Waals surface area contributed by atoms with Gasteiger partial charge < -0.3 is 4.74 Å². The Morgan fingerprint density at radius 1 is 1.33 bits per heavy atom. The minimum absolute atomic E-state index is 0.0262. The Balaban J connectivity index is 1.70. The molecule has 1 aromatic carbocycles. The number of nitro groups is 1. The first-order chi connectivity index (χ1) is 14.3. The zero-order chi connectivity index (χ0) is 21.3. The van der Waals surface area contributed by atoms with E-state index in [1.165, 1.54) is 17.4 Å². The Kier molecular flexibility index (Phi) is 5.80. The molecule has 158 valence electrons. The summed E-state index contributed by atoms with van der Waals surface area (Å²) in [7, 11) is 0. The molecule has 0 spiro atoms. The second-order valence-electron chi connectivity index (χ2n) is 6.57.